The van der Waals surface area contributed by atoms with Gasteiger partial charge in [-0.15, -0.1) is 0 Å². The van der Waals surface area contributed by atoms with Crippen molar-refractivity contribution in [1.29, 1.82) is 0 Å². The molecular formula is C19H26N4O. The van der Waals surface area contributed by atoms with Crippen LogP contribution in [0, 0.1) is 0 Å². The van der Waals surface area contributed by atoms with E-state index < -0.39 is 6.10 Å². The van der Waals surface area contributed by atoms with Crippen molar-refractivity contribution < 1.29 is 5.11 Å². The van der Waals surface area contributed by atoms with Gasteiger partial charge in [-0.1, -0.05) is 38.1 Å². The van der Waals surface area contributed by atoms with E-state index in [-0.39, 0.29) is 0 Å². The summed E-state index contributed by atoms with van der Waals surface area (Å²) in [5.74, 6) is 1.31. The third-order valence-electron chi connectivity index (χ3n) is 4.63. The van der Waals surface area contributed by atoms with Crippen molar-refractivity contribution in [1.82, 2.24) is 14.9 Å². The topological polar surface area (TPSA) is 52.5 Å². The number of nitrogens with zero attached hydrogens (tertiary/aromatic N) is 4. The van der Waals surface area contributed by atoms with E-state index in [0.717, 1.165) is 37.7 Å². The molecule has 0 bridgehead atoms. The summed E-state index contributed by atoms with van der Waals surface area (Å²) in [6, 6.07) is 10.2. The van der Waals surface area contributed by atoms with E-state index in [0.29, 0.717) is 12.5 Å². The van der Waals surface area contributed by atoms with Crippen LogP contribution in [0.2, 0.25) is 0 Å². The van der Waals surface area contributed by atoms with Gasteiger partial charge in [0.2, 0.25) is 5.95 Å². The molecule has 0 spiro atoms. The Hall–Kier alpha value is -1.98. The number of aliphatic hydroxyl groups excluding tert-OH is 1. The lowest BCUT2D eigenvalue weighted by Crippen LogP contribution is -2.48. The molecule has 1 saturated heterocycles. The van der Waals surface area contributed by atoms with E-state index in [1.807, 2.05) is 18.2 Å². The van der Waals surface area contributed by atoms with Crippen molar-refractivity contribution in [2.75, 3.05) is 37.6 Å². The first-order valence-electron chi connectivity index (χ1n) is 8.65. The smallest absolute Gasteiger partial charge is 0.225 e. The highest BCUT2D eigenvalue weighted by Crippen LogP contribution is 2.20. The summed E-state index contributed by atoms with van der Waals surface area (Å²) in [4.78, 5) is 13.1. The maximum Gasteiger partial charge on any atom is 0.225 e. The number of anilines is 1. The second kappa shape index (κ2) is 7.73. The van der Waals surface area contributed by atoms with Gasteiger partial charge >= 0.3 is 0 Å². The third-order valence-corrected chi connectivity index (χ3v) is 4.63. The molecule has 0 amide bonds. The Labute approximate surface area is 144 Å². The summed E-state index contributed by atoms with van der Waals surface area (Å²) in [5, 5.41) is 10.5. The number of aliphatic hydroxyl groups is 1. The SMILES string of the molecule is CC(C)c1ccc(C(O)CN2CCN(c3ncccn3)CC2)cc1. The first-order valence-corrected chi connectivity index (χ1v) is 8.65. The van der Waals surface area contributed by atoms with Crippen LogP contribution in [0.15, 0.2) is 42.7 Å². The molecule has 2 heterocycles. The minimum atomic E-state index is -0.439. The van der Waals surface area contributed by atoms with Crippen LogP contribution < -0.4 is 4.90 Å². The van der Waals surface area contributed by atoms with Crippen LogP contribution in [-0.2, 0) is 0 Å². The number of rotatable bonds is 5. The van der Waals surface area contributed by atoms with Gasteiger partial charge in [0.05, 0.1) is 6.10 Å². The number of β-amino-alcohol motifs (C(OH)–C–C–N with tert-alkyl or cyclic N) is 1. The molecule has 5 heteroatoms. The van der Waals surface area contributed by atoms with Gasteiger partial charge in [-0.25, -0.2) is 9.97 Å². The molecule has 1 N–H and O–H groups in total. The highest BCUT2D eigenvalue weighted by atomic mass is 16.3. The molecule has 0 saturated carbocycles. The van der Waals surface area contributed by atoms with Crippen LogP contribution in [0.5, 0.6) is 0 Å². The summed E-state index contributed by atoms with van der Waals surface area (Å²) >= 11 is 0. The Kier molecular flexibility index (Phi) is 5.43. The van der Waals surface area contributed by atoms with Crippen molar-refractivity contribution in [3.63, 3.8) is 0 Å². The predicted octanol–water partition coefficient (Wildman–Crippen LogP) is 2.46. The number of benzene rings is 1. The molecule has 1 atom stereocenters. The van der Waals surface area contributed by atoms with Crippen LogP contribution in [0.25, 0.3) is 0 Å². The van der Waals surface area contributed by atoms with Crippen LogP contribution >= 0.6 is 0 Å². The predicted molar refractivity (Wildman–Crippen MR) is 96.2 cm³/mol. The van der Waals surface area contributed by atoms with Gasteiger partial charge in [-0.05, 0) is 23.1 Å². The Balaban J connectivity index is 1.52. The average Bonchev–Trinajstić information content (AvgIpc) is 2.63. The third kappa shape index (κ3) is 4.10. The van der Waals surface area contributed by atoms with E-state index in [1.54, 1.807) is 12.4 Å². The summed E-state index contributed by atoms with van der Waals surface area (Å²) in [7, 11) is 0. The van der Waals surface area contributed by atoms with Crippen LogP contribution in [0.3, 0.4) is 0 Å². The lowest BCUT2D eigenvalue weighted by molar-refractivity contribution is 0.109. The van der Waals surface area contributed by atoms with Crippen LogP contribution in [-0.4, -0.2) is 52.7 Å². The minimum absolute atomic E-state index is 0.439. The van der Waals surface area contributed by atoms with E-state index in [1.165, 1.54) is 5.56 Å². The van der Waals surface area contributed by atoms with E-state index in [2.05, 4.69) is 45.7 Å². The molecule has 1 aliphatic rings. The molecule has 1 aromatic heterocycles. The Morgan fingerprint density at radius 3 is 2.12 bits per heavy atom. The Bertz CT molecular complexity index is 622. The van der Waals surface area contributed by atoms with E-state index >= 15 is 0 Å². The Morgan fingerprint density at radius 2 is 1.54 bits per heavy atom. The first kappa shape index (κ1) is 16.9. The molecule has 1 aliphatic heterocycles. The zero-order chi connectivity index (χ0) is 16.9. The average molecular weight is 326 g/mol. The number of piperazine rings is 1. The molecule has 128 valence electrons. The molecule has 2 aromatic rings. The molecule has 1 unspecified atom stereocenters. The molecule has 1 fully saturated rings. The first-order chi connectivity index (χ1) is 11.6. The number of hydrogen-bond donors (Lipinski definition) is 1. The van der Waals surface area contributed by atoms with Gasteiger partial charge in [0.25, 0.3) is 0 Å². The van der Waals surface area contributed by atoms with Crippen molar-refractivity contribution >= 4 is 5.95 Å². The fourth-order valence-electron chi connectivity index (χ4n) is 3.04. The zero-order valence-corrected chi connectivity index (χ0v) is 14.5. The van der Waals surface area contributed by atoms with Gasteiger partial charge < -0.3 is 10.0 Å². The molecule has 0 radical (unpaired) electrons. The fourth-order valence-corrected chi connectivity index (χ4v) is 3.04. The quantitative estimate of drug-likeness (QED) is 0.915. The molecule has 1 aromatic carbocycles. The molecular weight excluding hydrogens is 300 g/mol. The number of hydrogen-bond acceptors (Lipinski definition) is 5. The maximum absolute atomic E-state index is 10.5. The largest absolute Gasteiger partial charge is 0.387 e. The number of aromatic nitrogens is 2. The second-order valence-electron chi connectivity index (χ2n) is 6.67. The summed E-state index contributed by atoms with van der Waals surface area (Å²) in [5.41, 5.74) is 2.30. The van der Waals surface area contributed by atoms with Gasteiger partial charge in [0.15, 0.2) is 0 Å². The normalized spacial score (nSPS) is 17.2. The van der Waals surface area contributed by atoms with E-state index in [4.69, 9.17) is 0 Å². The van der Waals surface area contributed by atoms with Crippen molar-refractivity contribution in [2.24, 2.45) is 0 Å². The second-order valence-corrected chi connectivity index (χ2v) is 6.67. The van der Waals surface area contributed by atoms with E-state index in [9.17, 15) is 5.11 Å². The van der Waals surface area contributed by atoms with Crippen LogP contribution in [0.4, 0.5) is 5.95 Å². The molecule has 5 nitrogen and oxygen atoms in total. The summed E-state index contributed by atoms with van der Waals surface area (Å²) in [6.07, 6.45) is 3.11. The Morgan fingerprint density at radius 1 is 0.958 bits per heavy atom. The highest BCUT2D eigenvalue weighted by molar-refractivity contribution is 5.29. The lowest BCUT2D eigenvalue weighted by Gasteiger charge is -2.35. The van der Waals surface area contributed by atoms with Gasteiger partial charge in [0, 0.05) is 45.1 Å². The van der Waals surface area contributed by atoms with Crippen molar-refractivity contribution in [3.05, 3.63) is 53.9 Å². The van der Waals surface area contributed by atoms with Gasteiger partial charge in [-0.3, -0.25) is 4.90 Å². The fraction of sp³-hybridized carbons (Fsp3) is 0.474. The molecule has 24 heavy (non-hydrogen) atoms. The van der Waals surface area contributed by atoms with Crippen molar-refractivity contribution in [2.45, 2.75) is 25.9 Å². The minimum Gasteiger partial charge on any atom is -0.387 e. The van der Waals surface area contributed by atoms with Gasteiger partial charge in [-0.2, -0.15) is 0 Å². The monoisotopic (exact) mass is 326 g/mol. The van der Waals surface area contributed by atoms with Crippen molar-refractivity contribution in [3.8, 4) is 0 Å². The molecule has 0 aliphatic carbocycles. The zero-order valence-electron chi connectivity index (χ0n) is 14.5. The summed E-state index contributed by atoms with van der Waals surface area (Å²) in [6.45, 7) is 8.65. The highest BCUT2D eigenvalue weighted by Gasteiger charge is 2.21. The standard InChI is InChI=1S/C19H26N4O/c1-15(2)16-4-6-17(7-5-16)18(24)14-22-10-12-23(13-11-22)19-20-8-3-9-21-19/h3-9,15,18,24H,10-14H2,1-2H3. The van der Waals surface area contributed by atoms with Gasteiger partial charge in [0.1, 0.15) is 0 Å². The molecule has 3 rings (SSSR count). The summed E-state index contributed by atoms with van der Waals surface area (Å²) < 4.78 is 0. The van der Waals surface area contributed by atoms with Crippen LogP contribution in [0.1, 0.15) is 37.0 Å². The lowest BCUT2D eigenvalue weighted by atomic mass is 10.00. The maximum atomic E-state index is 10.5.